The Morgan fingerprint density at radius 3 is 2.52 bits per heavy atom. The molecule has 1 aliphatic heterocycles. The van der Waals surface area contributed by atoms with Crippen LogP contribution in [0, 0.1) is 0 Å². The van der Waals surface area contributed by atoms with Crippen molar-refractivity contribution in [2.75, 3.05) is 20.3 Å². The highest BCUT2D eigenvalue weighted by molar-refractivity contribution is 5.91. The zero-order valence-corrected chi connectivity index (χ0v) is 22.2. The van der Waals surface area contributed by atoms with Crippen molar-refractivity contribution in [3.8, 4) is 0 Å². The second-order valence-electron chi connectivity index (χ2n) is 9.64. The van der Waals surface area contributed by atoms with Crippen LogP contribution in [0.3, 0.4) is 0 Å². The maximum atomic E-state index is 14.0. The molecule has 2 heterocycles. The fraction of sp³-hybridized carbons (Fsp3) is 0.300. The first-order chi connectivity index (χ1) is 19.5. The van der Waals surface area contributed by atoms with Crippen LogP contribution in [0.4, 0.5) is 0 Å². The number of carbonyl (C=O) groups is 3. The van der Waals surface area contributed by atoms with E-state index in [9.17, 15) is 14.4 Å². The van der Waals surface area contributed by atoms with Gasteiger partial charge in [0.1, 0.15) is 18.1 Å². The van der Waals surface area contributed by atoms with E-state index in [2.05, 4.69) is 15.6 Å². The molecule has 1 N–H and O–H groups in total. The summed E-state index contributed by atoms with van der Waals surface area (Å²) >= 11 is 0. The van der Waals surface area contributed by atoms with Crippen LogP contribution in [0.1, 0.15) is 40.4 Å². The lowest BCUT2D eigenvalue weighted by atomic mass is 10.0. The molecule has 1 fully saturated rings. The number of esters is 1. The molecular weight excluding hydrogens is 510 g/mol. The number of amides is 2. The van der Waals surface area contributed by atoms with Gasteiger partial charge in [-0.25, -0.2) is 9.48 Å². The smallest absolute Gasteiger partial charge is 0.337 e. The van der Waals surface area contributed by atoms with Crippen molar-refractivity contribution in [3.05, 3.63) is 95.6 Å². The molecule has 0 saturated carbocycles. The van der Waals surface area contributed by atoms with E-state index in [1.54, 1.807) is 29.2 Å². The van der Waals surface area contributed by atoms with E-state index in [0.717, 1.165) is 23.9 Å². The summed E-state index contributed by atoms with van der Waals surface area (Å²) in [6.07, 6.45) is 1.75. The summed E-state index contributed by atoms with van der Waals surface area (Å²) in [5.74, 6) is -1.14. The summed E-state index contributed by atoms with van der Waals surface area (Å²) in [5.41, 5.74) is 3.17. The molecule has 206 valence electrons. The Morgan fingerprint density at radius 1 is 1.05 bits per heavy atom. The first kappa shape index (κ1) is 27.0. The molecule has 10 nitrogen and oxygen atoms in total. The Morgan fingerprint density at radius 2 is 1.80 bits per heavy atom. The fourth-order valence-electron chi connectivity index (χ4n) is 4.87. The molecule has 10 heteroatoms. The molecule has 1 aliphatic rings. The topological polar surface area (TPSA) is 116 Å². The summed E-state index contributed by atoms with van der Waals surface area (Å²) in [4.78, 5) is 41.5. The van der Waals surface area contributed by atoms with Gasteiger partial charge >= 0.3 is 5.97 Å². The minimum atomic E-state index is -0.976. The highest BCUT2D eigenvalue weighted by atomic mass is 16.5. The molecule has 5 rings (SSSR count). The number of nitrogens with zero attached hydrogens (tertiary/aromatic N) is 4. The second kappa shape index (κ2) is 12.5. The second-order valence-corrected chi connectivity index (χ2v) is 9.64. The van der Waals surface area contributed by atoms with Crippen molar-refractivity contribution < 1.29 is 23.9 Å². The number of para-hydroxylation sites is 1. The zero-order chi connectivity index (χ0) is 27.9. The standard InChI is InChI=1S/C30H31N5O5/c1-39-30(38)23-15-13-22(14-16-23)28(29(37)31-18-24-10-7-17-40-24)34(19-21-8-3-2-4-9-21)27(36)20-35-26-12-6-5-11-25(26)32-33-35/h2-6,8-9,11-16,24,28H,7,10,17-20H2,1H3,(H,31,37). The van der Waals surface area contributed by atoms with Gasteiger partial charge in [-0.15, -0.1) is 5.10 Å². The highest BCUT2D eigenvalue weighted by Crippen LogP contribution is 2.26. The maximum absolute atomic E-state index is 14.0. The van der Waals surface area contributed by atoms with Gasteiger partial charge in [-0.1, -0.05) is 59.8 Å². The van der Waals surface area contributed by atoms with E-state index in [1.165, 1.54) is 11.8 Å². The van der Waals surface area contributed by atoms with Crippen molar-refractivity contribution >= 4 is 28.8 Å². The largest absolute Gasteiger partial charge is 0.465 e. The summed E-state index contributed by atoms with van der Waals surface area (Å²) in [6, 6.07) is 22.5. The van der Waals surface area contributed by atoms with Gasteiger partial charge in [0.15, 0.2) is 0 Å². The zero-order valence-electron chi connectivity index (χ0n) is 22.2. The van der Waals surface area contributed by atoms with Crippen molar-refractivity contribution in [1.82, 2.24) is 25.2 Å². The van der Waals surface area contributed by atoms with Crippen LogP contribution in [-0.4, -0.2) is 64.0 Å². The first-order valence-corrected chi connectivity index (χ1v) is 13.2. The first-order valence-electron chi connectivity index (χ1n) is 13.2. The maximum Gasteiger partial charge on any atom is 0.337 e. The number of hydrogen-bond donors (Lipinski definition) is 1. The molecule has 1 saturated heterocycles. The third-order valence-corrected chi connectivity index (χ3v) is 6.96. The van der Waals surface area contributed by atoms with Gasteiger partial charge < -0.3 is 19.7 Å². The Labute approximate surface area is 231 Å². The van der Waals surface area contributed by atoms with Gasteiger partial charge in [0.25, 0.3) is 0 Å². The molecule has 0 aliphatic carbocycles. The minimum absolute atomic E-state index is 0.0638. The third kappa shape index (κ3) is 6.18. The van der Waals surface area contributed by atoms with Crippen molar-refractivity contribution in [3.63, 3.8) is 0 Å². The number of carbonyl (C=O) groups excluding carboxylic acids is 3. The van der Waals surface area contributed by atoms with Crippen LogP contribution < -0.4 is 5.32 Å². The highest BCUT2D eigenvalue weighted by Gasteiger charge is 2.33. The monoisotopic (exact) mass is 541 g/mol. The van der Waals surface area contributed by atoms with Crippen LogP contribution in [0.5, 0.6) is 0 Å². The van der Waals surface area contributed by atoms with E-state index < -0.39 is 12.0 Å². The average Bonchev–Trinajstić information content (AvgIpc) is 3.66. The third-order valence-electron chi connectivity index (χ3n) is 6.96. The van der Waals surface area contributed by atoms with Crippen LogP contribution >= 0.6 is 0 Å². The number of aromatic nitrogens is 3. The van der Waals surface area contributed by atoms with Gasteiger partial charge in [0, 0.05) is 19.7 Å². The Bertz CT molecular complexity index is 1460. The van der Waals surface area contributed by atoms with Crippen molar-refractivity contribution in [2.45, 2.75) is 38.1 Å². The number of benzene rings is 3. The Kier molecular flexibility index (Phi) is 8.46. The van der Waals surface area contributed by atoms with Crippen molar-refractivity contribution in [1.29, 1.82) is 0 Å². The van der Waals surface area contributed by atoms with Gasteiger partial charge in [0.05, 0.1) is 24.3 Å². The van der Waals surface area contributed by atoms with Gasteiger partial charge in [-0.05, 0) is 48.2 Å². The number of nitrogens with one attached hydrogen (secondary N) is 1. The van der Waals surface area contributed by atoms with E-state index in [4.69, 9.17) is 9.47 Å². The number of ether oxygens (including phenoxy) is 2. The van der Waals surface area contributed by atoms with Crippen LogP contribution in [0.25, 0.3) is 11.0 Å². The van der Waals surface area contributed by atoms with E-state index >= 15 is 0 Å². The van der Waals surface area contributed by atoms with E-state index in [-0.39, 0.29) is 31.0 Å². The number of rotatable bonds is 10. The number of hydrogen-bond acceptors (Lipinski definition) is 7. The molecule has 2 amide bonds. The Balaban J connectivity index is 1.50. The summed E-state index contributed by atoms with van der Waals surface area (Å²) < 4.78 is 12.1. The summed E-state index contributed by atoms with van der Waals surface area (Å²) in [6.45, 7) is 1.09. The predicted molar refractivity (Wildman–Crippen MR) is 147 cm³/mol. The lowest BCUT2D eigenvalue weighted by Crippen LogP contribution is -2.46. The summed E-state index contributed by atoms with van der Waals surface area (Å²) in [5, 5.41) is 11.3. The molecule has 3 aromatic carbocycles. The average molecular weight is 542 g/mol. The van der Waals surface area contributed by atoms with Gasteiger partial charge in [-0.3, -0.25) is 9.59 Å². The molecule has 0 radical (unpaired) electrons. The molecule has 0 spiro atoms. The molecule has 4 aromatic rings. The molecule has 2 unspecified atom stereocenters. The fourth-order valence-corrected chi connectivity index (χ4v) is 4.87. The van der Waals surface area contributed by atoms with Crippen LogP contribution in [0.2, 0.25) is 0 Å². The summed E-state index contributed by atoms with van der Waals surface area (Å²) in [7, 11) is 1.31. The molecule has 0 bridgehead atoms. The van der Waals surface area contributed by atoms with Crippen LogP contribution in [-0.2, 0) is 32.2 Å². The van der Waals surface area contributed by atoms with E-state index in [1.807, 2.05) is 54.6 Å². The minimum Gasteiger partial charge on any atom is -0.465 e. The van der Waals surface area contributed by atoms with Gasteiger partial charge in [0.2, 0.25) is 11.8 Å². The quantitative estimate of drug-likeness (QED) is 0.306. The lowest BCUT2D eigenvalue weighted by molar-refractivity contribution is -0.142. The molecule has 40 heavy (non-hydrogen) atoms. The van der Waals surface area contributed by atoms with Crippen molar-refractivity contribution in [2.24, 2.45) is 0 Å². The van der Waals surface area contributed by atoms with Crippen LogP contribution in [0.15, 0.2) is 78.9 Å². The van der Waals surface area contributed by atoms with E-state index in [0.29, 0.717) is 29.8 Å². The Hall–Kier alpha value is -4.57. The molecular formula is C30H31N5O5. The molecule has 1 aromatic heterocycles. The lowest BCUT2D eigenvalue weighted by Gasteiger charge is -2.32. The number of methoxy groups -OCH3 is 1. The molecule has 2 atom stereocenters. The normalized spacial score (nSPS) is 15.5. The van der Waals surface area contributed by atoms with Gasteiger partial charge in [-0.2, -0.15) is 0 Å². The predicted octanol–water partition coefficient (Wildman–Crippen LogP) is 3.28. The number of fused-ring (bicyclic) bond motifs is 1. The SMILES string of the molecule is COC(=O)c1ccc(C(C(=O)NCC2CCCO2)N(Cc2ccccc2)C(=O)Cn2nnc3ccccc32)cc1.